The molecule has 4 N–H and O–H groups in total. The number of aromatic nitrogens is 1. The predicted molar refractivity (Wildman–Crippen MR) is 102 cm³/mol. The van der Waals surface area contributed by atoms with Gasteiger partial charge in [0.2, 0.25) is 0 Å². The summed E-state index contributed by atoms with van der Waals surface area (Å²) in [4.78, 5) is 17.2. The number of anilines is 1. The highest BCUT2D eigenvalue weighted by atomic mass is 16.1. The van der Waals surface area contributed by atoms with Crippen LogP contribution in [0.4, 0.5) is 5.69 Å². The largest absolute Gasteiger partial charge is 0.398 e. The van der Waals surface area contributed by atoms with E-state index in [0.717, 1.165) is 5.69 Å². The molecule has 0 spiro atoms. The van der Waals surface area contributed by atoms with Crippen molar-refractivity contribution in [3.8, 4) is 0 Å². The minimum absolute atomic E-state index is 0.198. The van der Waals surface area contributed by atoms with Crippen molar-refractivity contribution in [2.75, 3.05) is 5.73 Å². The lowest BCUT2D eigenvalue weighted by molar-refractivity contribution is 0.0899. The Kier molecular flexibility index (Phi) is 5.57. The molecule has 25 heavy (non-hydrogen) atoms. The first kappa shape index (κ1) is 18.6. The van der Waals surface area contributed by atoms with Gasteiger partial charge in [-0.05, 0) is 42.2 Å². The number of nitrogens with one attached hydrogen (secondary N) is 2. The van der Waals surface area contributed by atoms with E-state index in [0.29, 0.717) is 28.9 Å². The minimum atomic E-state index is -0.229. The number of carbonyl (C=O) groups excluding carboxylic acids is 1. The van der Waals surface area contributed by atoms with Crippen molar-refractivity contribution in [1.29, 1.82) is 5.41 Å². The van der Waals surface area contributed by atoms with E-state index in [9.17, 15) is 4.79 Å². The Morgan fingerprint density at radius 1 is 1.28 bits per heavy atom. The van der Waals surface area contributed by atoms with Gasteiger partial charge in [-0.25, -0.2) is 0 Å². The number of rotatable bonds is 5. The molecule has 0 bridgehead atoms. The summed E-state index contributed by atoms with van der Waals surface area (Å²) in [5.41, 5.74) is 8.61. The van der Waals surface area contributed by atoms with Gasteiger partial charge in [0.25, 0.3) is 5.91 Å². The zero-order valence-electron chi connectivity index (χ0n) is 15.3. The highest BCUT2D eigenvalue weighted by Gasteiger charge is 2.29. The zero-order valence-corrected chi connectivity index (χ0v) is 15.3. The predicted octanol–water partition coefficient (Wildman–Crippen LogP) is 3.96. The molecule has 1 atom stereocenters. The van der Waals surface area contributed by atoms with Crippen molar-refractivity contribution in [2.24, 2.45) is 5.41 Å². The van der Waals surface area contributed by atoms with Crippen molar-refractivity contribution >= 4 is 17.3 Å². The SMILES string of the molecule is CCC(=N)c1cc(C(=O)NC(c2ccccn2)C(C)(C)C)ccc1N. The van der Waals surface area contributed by atoms with Crippen LogP contribution in [0.3, 0.4) is 0 Å². The minimum Gasteiger partial charge on any atom is -0.398 e. The molecule has 0 saturated heterocycles. The molecule has 1 unspecified atom stereocenters. The Morgan fingerprint density at radius 3 is 2.56 bits per heavy atom. The molecule has 0 fully saturated rings. The number of hydrogen-bond acceptors (Lipinski definition) is 4. The first-order valence-electron chi connectivity index (χ1n) is 8.43. The molecule has 0 saturated carbocycles. The summed E-state index contributed by atoms with van der Waals surface area (Å²) >= 11 is 0. The van der Waals surface area contributed by atoms with Crippen LogP contribution in [-0.4, -0.2) is 16.6 Å². The van der Waals surface area contributed by atoms with E-state index in [1.54, 1.807) is 24.4 Å². The number of nitrogen functional groups attached to an aromatic ring is 1. The fourth-order valence-electron chi connectivity index (χ4n) is 2.64. The Bertz CT molecular complexity index is 763. The van der Waals surface area contributed by atoms with Crippen LogP contribution in [0.15, 0.2) is 42.6 Å². The highest BCUT2D eigenvalue weighted by Crippen LogP contribution is 2.32. The molecule has 132 valence electrons. The summed E-state index contributed by atoms with van der Waals surface area (Å²) in [6, 6.07) is 10.5. The summed E-state index contributed by atoms with van der Waals surface area (Å²) < 4.78 is 0. The second-order valence-electron chi connectivity index (χ2n) is 7.16. The van der Waals surface area contributed by atoms with Crippen molar-refractivity contribution in [3.05, 3.63) is 59.4 Å². The average molecular weight is 338 g/mol. The van der Waals surface area contributed by atoms with Crippen molar-refractivity contribution < 1.29 is 4.79 Å². The second-order valence-corrected chi connectivity index (χ2v) is 7.16. The number of benzene rings is 1. The Labute approximate surface area is 149 Å². The number of nitrogens with zero attached hydrogens (tertiary/aromatic N) is 1. The first-order valence-corrected chi connectivity index (χ1v) is 8.43. The smallest absolute Gasteiger partial charge is 0.251 e. The van der Waals surface area contributed by atoms with Crippen LogP contribution < -0.4 is 11.1 Å². The van der Waals surface area contributed by atoms with Crippen molar-refractivity contribution in [2.45, 2.75) is 40.2 Å². The summed E-state index contributed by atoms with van der Waals surface area (Å²) in [6.07, 6.45) is 2.29. The van der Waals surface area contributed by atoms with Gasteiger partial charge in [0.05, 0.1) is 11.7 Å². The van der Waals surface area contributed by atoms with Gasteiger partial charge in [-0.1, -0.05) is 33.8 Å². The van der Waals surface area contributed by atoms with E-state index < -0.39 is 0 Å². The fourth-order valence-corrected chi connectivity index (χ4v) is 2.64. The summed E-state index contributed by atoms with van der Waals surface area (Å²) in [6.45, 7) is 8.08. The topological polar surface area (TPSA) is 91.9 Å². The van der Waals surface area contributed by atoms with E-state index >= 15 is 0 Å². The van der Waals surface area contributed by atoms with Crippen molar-refractivity contribution in [1.82, 2.24) is 10.3 Å². The lowest BCUT2D eigenvalue weighted by atomic mass is 9.84. The van der Waals surface area contributed by atoms with Crippen LogP contribution in [0.5, 0.6) is 0 Å². The normalized spacial score (nSPS) is 12.5. The number of carbonyl (C=O) groups is 1. The fraction of sp³-hybridized carbons (Fsp3) is 0.350. The highest BCUT2D eigenvalue weighted by molar-refractivity contribution is 6.05. The van der Waals surface area contributed by atoms with E-state index in [1.807, 2.05) is 25.1 Å². The van der Waals surface area contributed by atoms with E-state index in [-0.39, 0.29) is 17.4 Å². The Morgan fingerprint density at radius 2 is 2.00 bits per heavy atom. The van der Waals surface area contributed by atoms with Crippen LogP contribution >= 0.6 is 0 Å². The van der Waals surface area contributed by atoms with E-state index in [4.69, 9.17) is 11.1 Å². The molecular weight excluding hydrogens is 312 g/mol. The number of amides is 1. The van der Waals surface area contributed by atoms with Gasteiger partial charge < -0.3 is 16.5 Å². The molecule has 2 aromatic rings. The summed E-state index contributed by atoms with van der Waals surface area (Å²) in [7, 11) is 0. The Hall–Kier alpha value is -2.69. The molecule has 2 rings (SSSR count). The molecule has 0 aliphatic heterocycles. The number of nitrogens with two attached hydrogens (primary N) is 1. The average Bonchev–Trinajstić information content (AvgIpc) is 2.59. The molecule has 5 nitrogen and oxygen atoms in total. The lowest BCUT2D eigenvalue weighted by Gasteiger charge is -2.31. The summed E-state index contributed by atoms with van der Waals surface area (Å²) in [5.74, 6) is -0.198. The number of hydrogen-bond donors (Lipinski definition) is 3. The third kappa shape index (κ3) is 4.44. The van der Waals surface area contributed by atoms with Gasteiger partial charge in [-0.2, -0.15) is 0 Å². The van der Waals surface area contributed by atoms with Crippen LogP contribution in [0, 0.1) is 10.8 Å². The van der Waals surface area contributed by atoms with Gasteiger partial charge in [0.15, 0.2) is 0 Å². The van der Waals surface area contributed by atoms with Crippen LogP contribution in [0.2, 0.25) is 0 Å². The molecule has 1 aromatic carbocycles. The van der Waals surface area contributed by atoms with E-state index in [1.165, 1.54) is 0 Å². The molecule has 0 aliphatic rings. The van der Waals surface area contributed by atoms with Crippen molar-refractivity contribution in [3.63, 3.8) is 0 Å². The molecule has 5 heteroatoms. The molecule has 1 heterocycles. The second kappa shape index (κ2) is 7.47. The third-order valence-electron chi connectivity index (χ3n) is 4.12. The molecule has 1 aromatic heterocycles. The molecule has 0 radical (unpaired) electrons. The van der Waals surface area contributed by atoms with Gasteiger partial charge >= 0.3 is 0 Å². The van der Waals surface area contributed by atoms with Crippen LogP contribution in [0.1, 0.15) is 61.8 Å². The van der Waals surface area contributed by atoms with E-state index in [2.05, 4.69) is 31.1 Å². The lowest BCUT2D eigenvalue weighted by Crippen LogP contribution is -2.37. The Balaban J connectivity index is 2.32. The molecule has 1 amide bonds. The maximum Gasteiger partial charge on any atom is 0.251 e. The standard InChI is InChI=1S/C20H26N4O/c1-5-15(21)14-12-13(9-10-16(14)22)19(25)24-18(20(2,3)4)17-8-6-7-11-23-17/h6-12,18,21H,5,22H2,1-4H3,(H,24,25). The maximum absolute atomic E-state index is 12.8. The van der Waals surface area contributed by atoms with Gasteiger partial charge in [0.1, 0.15) is 0 Å². The third-order valence-corrected chi connectivity index (χ3v) is 4.12. The molecule has 0 aliphatic carbocycles. The van der Waals surface area contributed by atoms with Gasteiger partial charge in [-0.3, -0.25) is 9.78 Å². The quantitative estimate of drug-likeness (QED) is 0.569. The monoisotopic (exact) mass is 338 g/mol. The maximum atomic E-state index is 12.8. The zero-order chi connectivity index (χ0) is 18.6. The number of pyridine rings is 1. The van der Waals surface area contributed by atoms with Crippen LogP contribution in [0.25, 0.3) is 0 Å². The van der Waals surface area contributed by atoms with Crippen LogP contribution in [-0.2, 0) is 0 Å². The molecular formula is C20H26N4O. The van der Waals surface area contributed by atoms with Gasteiger partial charge in [0, 0.05) is 28.7 Å². The first-order chi connectivity index (χ1) is 11.7. The summed E-state index contributed by atoms with van der Waals surface area (Å²) in [5, 5.41) is 11.1. The van der Waals surface area contributed by atoms with Gasteiger partial charge in [-0.15, -0.1) is 0 Å².